The smallest absolute Gasteiger partial charge is 0.314 e. The van der Waals surface area contributed by atoms with Crippen molar-refractivity contribution in [3.05, 3.63) is 0 Å². The second-order valence-electron chi connectivity index (χ2n) is 3.77. The Morgan fingerprint density at radius 1 is 1.08 bits per heavy atom. The highest BCUT2D eigenvalue weighted by atomic mass is 16.2. The van der Waals surface area contributed by atoms with Crippen molar-refractivity contribution in [1.82, 2.24) is 10.6 Å². The van der Waals surface area contributed by atoms with Gasteiger partial charge in [-0.3, -0.25) is 0 Å². The van der Waals surface area contributed by atoms with Gasteiger partial charge in [0.15, 0.2) is 0 Å². The Balaban J connectivity index is 2.25. The lowest BCUT2D eigenvalue weighted by Gasteiger charge is -2.20. The minimum Gasteiger partial charge on any atom is -0.341 e. The maximum Gasteiger partial charge on any atom is 0.314 e. The van der Waals surface area contributed by atoms with E-state index in [4.69, 9.17) is 0 Å². The Labute approximate surface area is 80.3 Å². The number of carbonyl (C=O) groups is 1. The van der Waals surface area contributed by atoms with Crippen molar-refractivity contribution in [3.63, 3.8) is 0 Å². The van der Waals surface area contributed by atoms with E-state index in [0.29, 0.717) is 6.04 Å². The second-order valence-corrected chi connectivity index (χ2v) is 3.77. The molecule has 13 heavy (non-hydrogen) atoms. The second kappa shape index (κ2) is 5.84. The lowest BCUT2D eigenvalue weighted by molar-refractivity contribution is 0.236. The third-order valence-corrected chi connectivity index (χ3v) is 2.67. The van der Waals surface area contributed by atoms with E-state index in [9.17, 15) is 4.79 Å². The van der Waals surface area contributed by atoms with Crippen molar-refractivity contribution in [2.24, 2.45) is 0 Å². The molecule has 0 heterocycles. The lowest BCUT2D eigenvalue weighted by Crippen LogP contribution is -2.40. The van der Waals surface area contributed by atoms with Crippen LogP contribution in [0.4, 0.5) is 4.79 Å². The van der Waals surface area contributed by atoms with Crippen LogP contribution < -0.4 is 10.6 Å². The first-order valence-corrected chi connectivity index (χ1v) is 5.31. The third kappa shape index (κ3) is 4.15. The maximum atomic E-state index is 11.1. The molecule has 0 atom stereocenters. The minimum absolute atomic E-state index is 0.0365. The normalized spacial score (nSPS) is 20.1. The van der Waals surface area contributed by atoms with Crippen molar-refractivity contribution in [3.8, 4) is 0 Å². The molecule has 0 spiro atoms. The van der Waals surface area contributed by atoms with E-state index in [-0.39, 0.29) is 6.03 Å². The molecule has 0 aromatic heterocycles. The highest BCUT2D eigenvalue weighted by molar-refractivity contribution is 5.73. The first-order valence-electron chi connectivity index (χ1n) is 5.31. The number of carbonyl (C=O) groups excluding carboxylic acids is 1. The zero-order valence-electron chi connectivity index (χ0n) is 8.44. The summed E-state index contributed by atoms with van der Waals surface area (Å²) in [6, 6.07) is 0.367. The van der Waals surface area contributed by atoms with E-state index in [1.54, 1.807) is 7.05 Å². The number of amides is 2. The summed E-state index contributed by atoms with van der Waals surface area (Å²) in [5.74, 6) is 0. The van der Waals surface area contributed by atoms with Gasteiger partial charge in [-0.15, -0.1) is 0 Å². The molecule has 3 nitrogen and oxygen atoms in total. The summed E-state index contributed by atoms with van der Waals surface area (Å²) in [5, 5.41) is 5.58. The standard InChI is InChI=1S/C10H20N2O/c1-11-10(13)12-9-7-5-3-2-4-6-8-9/h9H,2-8H2,1H3,(H2,11,12,13). The van der Waals surface area contributed by atoms with E-state index >= 15 is 0 Å². The molecule has 1 aliphatic carbocycles. The van der Waals surface area contributed by atoms with Gasteiger partial charge in [-0.1, -0.05) is 32.1 Å². The van der Waals surface area contributed by atoms with Gasteiger partial charge >= 0.3 is 6.03 Å². The molecule has 0 bridgehead atoms. The largest absolute Gasteiger partial charge is 0.341 e. The van der Waals surface area contributed by atoms with Gasteiger partial charge in [0.05, 0.1) is 0 Å². The van der Waals surface area contributed by atoms with E-state index in [2.05, 4.69) is 10.6 Å². The Bertz CT molecular complexity index is 151. The molecular weight excluding hydrogens is 164 g/mol. The highest BCUT2D eigenvalue weighted by Gasteiger charge is 2.12. The third-order valence-electron chi connectivity index (χ3n) is 2.67. The monoisotopic (exact) mass is 184 g/mol. The van der Waals surface area contributed by atoms with Crippen LogP contribution in [0.1, 0.15) is 44.9 Å². The summed E-state index contributed by atoms with van der Waals surface area (Å²) < 4.78 is 0. The van der Waals surface area contributed by atoms with Crippen LogP contribution in [0.5, 0.6) is 0 Å². The molecule has 1 saturated carbocycles. The summed E-state index contributed by atoms with van der Waals surface area (Å²) in [6.45, 7) is 0. The van der Waals surface area contributed by atoms with Crippen LogP contribution in [-0.4, -0.2) is 19.1 Å². The lowest BCUT2D eigenvalue weighted by atomic mass is 9.97. The molecule has 3 heteroatoms. The molecule has 0 unspecified atom stereocenters. The van der Waals surface area contributed by atoms with Crippen LogP contribution in [0.15, 0.2) is 0 Å². The number of hydrogen-bond acceptors (Lipinski definition) is 1. The Hall–Kier alpha value is -0.730. The van der Waals surface area contributed by atoms with Crippen LogP contribution in [0.25, 0.3) is 0 Å². The van der Waals surface area contributed by atoms with Gasteiger partial charge in [-0.25, -0.2) is 4.79 Å². The Kier molecular flexibility index (Phi) is 4.65. The first kappa shape index (κ1) is 10.4. The minimum atomic E-state index is -0.0365. The number of rotatable bonds is 1. The summed E-state index contributed by atoms with van der Waals surface area (Å²) in [5.41, 5.74) is 0. The fourth-order valence-electron chi connectivity index (χ4n) is 1.86. The number of nitrogens with one attached hydrogen (secondary N) is 2. The summed E-state index contributed by atoms with van der Waals surface area (Å²) in [7, 11) is 1.66. The molecule has 1 rings (SSSR count). The van der Waals surface area contributed by atoms with Crippen molar-refractivity contribution in [1.29, 1.82) is 0 Å². The summed E-state index contributed by atoms with van der Waals surface area (Å²) >= 11 is 0. The topological polar surface area (TPSA) is 41.1 Å². The number of hydrogen-bond donors (Lipinski definition) is 2. The molecule has 2 N–H and O–H groups in total. The predicted octanol–water partition coefficient (Wildman–Crippen LogP) is 2.03. The average Bonchev–Trinajstić information content (AvgIpc) is 2.09. The summed E-state index contributed by atoms with van der Waals surface area (Å²) in [6.07, 6.45) is 8.83. The molecule has 1 aliphatic rings. The highest BCUT2D eigenvalue weighted by Crippen LogP contribution is 2.16. The van der Waals surface area contributed by atoms with Crippen molar-refractivity contribution in [2.75, 3.05) is 7.05 Å². The maximum absolute atomic E-state index is 11.1. The zero-order valence-corrected chi connectivity index (χ0v) is 8.44. The molecule has 0 aromatic rings. The van der Waals surface area contributed by atoms with Gasteiger partial charge < -0.3 is 10.6 Å². The van der Waals surface area contributed by atoms with Gasteiger partial charge in [0, 0.05) is 13.1 Å². The van der Waals surface area contributed by atoms with Gasteiger partial charge in [0.25, 0.3) is 0 Å². The predicted molar refractivity (Wildman–Crippen MR) is 53.7 cm³/mol. The van der Waals surface area contributed by atoms with Crippen LogP contribution in [0.2, 0.25) is 0 Å². The Morgan fingerprint density at radius 3 is 2.15 bits per heavy atom. The first-order chi connectivity index (χ1) is 6.33. The van der Waals surface area contributed by atoms with Gasteiger partial charge in [0.2, 0.25) is 0 Å². The van der Waals surface area contributed by atoms with Gasteiger partial charge in [0.1, 0.15) is 0 Å². The van der Waals surface area contributed by atoms with Crippen molar-refractivity contribution >= 4 is 6.03 Å². The van der Waals surface area contributed by atoms with E-state index < -0.39 is 0 Å². The SMILES string of the molecule is CNC(=O)NC1CCCCCCC1. The van der Waals surface area contributed by atoms with Crippen molar-refractivity contribution in [2.45, 2.75) is 51.0 Å². The zero-order chi connectivity index (χ0) is 9.52. The molecule has 76 valence electrons. The van der Waals surface area contributed by atoms with Crippen molar-refractivity contribution < 1.29 is 4.79 Å². The Morgan fingerprint density at radius 2 is 1.62 bits per heavy atom. The van der Waals surface area contributed by atoms with Crippen LogP contribution in [-0.2, 0) is 0 Å². The van der Waals surface area contributed by atoms with Gasteiger partial charge in [-0.2, -0.15) is 0 Å². The fraction of sp³-hybridized carbons (Fsp3) is 0.900. The average molecular weight is 184 g/mol. The molecule has 0 aromatic carbocycles. The fourth-order valence-corrected chi connectivity index (χ4v) is 1.86. The molecular formula is C10H20N2O. The van der Waals surface area contributed by atoms with E-state index in [0.717, 1.165) is 12.8 Å². The quantitative estimate of drug-likeness (QED) is 0.643. The molecule has 2 amide bonds. The molecule has 0 aliphatic heterocycles. The van der Waals surface area contributed by atoms with Crippen LogP contribution in [0, 0.1) is 0 Å². The summed E-state index contributed by atoms with van der Waals surface area (Å²) in [4.78, 5) is 11.1. The van der Waals surface area contributed by atoms with E-state index in [1.807, 2.05) is 0 Å². The van der Waals surface area contributed by atoms with Crippen LogP contribution >= 0.6 is 0 Å². The van der Waals surface area contributed by atoms with Crippen LogP contribution in [0.3, 0.4) is 0 Å². The molecule has 0 saturated heterocycles. The number of urea groups is 1. The molecule has 0 radical (unpaired) electrons. The molecule has 1 fully saturated rings. The van der Waals surface area contributed by atoms with Gasteiger partial charge in [-0.05, 0) is 12.8 Å². The van der Waals surface area contributed by atoms with E-state index in [1.165, 1.54) is 32.1 Å².